The number of rotatable bonds is 3. The number of hydrogen-bond acceptors (Lipinski definition) is 3. The molecule has 0 aromatic heterocycles. The van der Waals surface area contributed by atoms with E-state index in [1.54, 1.807) is 7.11 Å². The monoisotopic (exact) mass is 326 g/mol. The molecular formula is C14H19BrN2O2. The summed E-state index contributed by atoms with van der Waals surface area (Å²) in [6.45, 7) is 4.58. The summed E-state index contributed by atoms with van der Waals surface area (Å²) in [5.74, 6) is 0.917. The van der Waals surface area contributed by atoms with E-state index < -0.39 is 0 Å². The Morgan fingerprint density at radius 3 is 3.05 bits per heavy atom. The third kappa shape index (κ3) is 3.48. The average molecular weight is 327 g/mol. The number of nitrogens with zero attached hydrogens (tertiary/aromatic N) is 1. The molecule has 19 heavy (non-hydrogen) atoms. The van der Waals surface area contributed by atoms with Crippen molar-refractivity contribution in [2.45, 2.75) is 19.4 Å². The van der Waals surface area contributed by atoms with Crippen LogP contribution in [-0.4, -0.2) is 43.6 Å². The minimum atomic E-state index is 0.162. The number of piperazine rings is 1. The van der Waals surface area contributed by atoms with Gasteiger partial charge < -0.3 is 15.0 Å². The number of methoxy groups -OCH3 is 1. The molecule has 1 unspecified atom stereocenters. The van der Waals surface area contributed by atoms with Crippen LogP contribution >= 0.6 is 15.9 Å². The highest BCUT2D eigenvalue weighted by molar-refractivity contribution is 9.10. The summed E-state index contributed by atoms with van der Waals surface area (Å²) in [7, 11) is 1.63. The molecule has 0 saturated carbocycles. The maximum Gasteiger partial charge on any atom is 0.227 e. The lowest BCUT2D eigenvalue weighted by molar-refractivity contribution is -0.133. The van der Waals surface area contributed by atoms with E-state index in [0.717, 1.165) is 35.4 Å². The fourth-order valence-corrected chi connectivity index (χ4v) is 2.68. The van der Waals surface area contributed by atoms with Crippen molar-refractivity contribution in [3.63, 3.8) is 0 Å². The Kier molecular flexibility index (Phi) is 4.82. The molecule has 1 atom stereocenters. The highest BCUT2D eigenvalue weighted by Crippen LogP contribution is 2.24. The zero-order valence-corrected chi connectivity index (χ0v) is 12.9. The summed E-state index contributed by atoms with van der Waals surface area (Å²) < 4.78 is 6.28. The van der Waals surface area contributed by atoms with E-state index in [4.69, 9.17) is 4.74 Å². The van der Waals surface area contributed by atoms with Crippen molar-refractivity contribution in [1.29, 1.82) is 0 Å². The number of amides is 1. The Balaban J connectivity index is 2.10. The first-order valence-electron chi connectivity index (χ1n) is 6.44. The lowest BCUT2D eigenvalue weighted by Gasteiger charge is -2.34. The van der Waals surface area contributed by atoms with E-state index in [-0.39, 0.29) is 11.9 Å². The number of halogens is 1. The third-order valence-corrected chi connectivity index (χ3v) is 3.91. The molecule has 2 rings (SSSR count). The van der Waals surface area contributed by atoms with Gasteiger partial charge in [-0.2, -0.15) is 0 Å². The standard InChI is InChI=1S/C14H19BrN2O2/c1-10-9-16-5-6-17(10)14(18)7-11-3-4-12(15)8-13(11)19-2/h3-4,8,10,16H,5-7,9H2,1-2H3. The van der Waals surface area contributed by atoms with E-state index >= 15 is 0 Å². The van der Waals surface area contributed by atoms with Crippen LogP contribution in [0.2, 0.25) is 0 Å². The van der Waals surface area contributed by atoms with Crippen LogP contribution in [-0.2, 0) is 11.2 Å². The lowest BCUT2D eigenvalue weighted by Crippen LogP contribution is -2.52. The largest absolute Gasteiger partial charge is 0.496 e. The Morgan fingerprint density at radius 2 is 2.37 bits per heavy atom. The number of carbonyl (C=O) groups excluding carboxylic acids is 1. The summed E-state index contributed by atoms with van der Waals surface area (Å²) in [4.78, 5) is 14.3. The van der Waals surface area contributed by atoms with Gasteiger partial charge in [-0.1, -0.05) is 22.0 Å². The minimum Gasteiger partial charge on any atom is -0.496 e. The summed E-state index contributed by atoms with van der Waals surface area (Å²) >= 11 is 3.41. The fraction of sp³-hybridized carbons (Fsp3) is 0.500. The summed E-state index contributed by atoms with van der Waals surface area (Å²) in [5, 5.41) is 3.29. The topological polar surface area (TPSA) is 41.6 Å². The maximum atomic E-state index is 12.4. The van der Waals surface area contributed by atoms with Crippen LogP contribution in [0.4, 0.5) is 0 Å². The minimum absolute atomic E-state index is 0.162. The van der Waals surface area contributed by atoms with E-state index in [1.807, 2.05) is 23.1 Å². The van der Waals surface area contributed by atoms with Gasteiger partial charge in [0, 0.05) is 35.7 Å². The van der Waals surface area contributed by atoms with Crippen molar-refractivity contribution in [3.05, 3.63) is 28.2 Å². The van der Waals surface area contributed by atoms with Gasteiger partial charge in [0.05, 0.1) is 13.5 Å². The first-order chi connectivity index (χ1) is 9.11. The van der Waals surface area contributed by atoms with Gasteiger partial charge in [-0.05, 0) is 19.1 Å². The van der Waals surface area contributed by atoms with Gasteiger partial charge in [0.1, 0.15) is 5.75 Å². The molecule has 0 spiro atoms. The molecule has 5 heteroatoms. The molecule has 104 valence electrons. The van der Waals surface area contributed by atoms with Crippen LogP contribution in [0, 0.1) is 0 Å². The molecular weight excluding hydrogens is 308 g/mol. The van der Waals surface area contributed by atoms with E-state index in [1.165, 1.54) is 0 Å². The van der Waals surface area contributed by atoms with Gasteiger partial charge in [-0.3, -0.25) is 4.79 Å². The maximum absolute atomic E-state index is 12.4. The van der Waals surface area contributed by atoms with Gasteiger partial charge in [-0.25, -0.2) is 0 Å². The SMILES string of the molecule is COc1cc(Br)ccc1CC(=O)N1CCNCC1C. The van der Waals surface area contributed by atoms with Crippen LogP contribution in [0.25, 0.3) is 0 Å². The zero-order chi connectivity index (χ0) is 13.8. The van der Waals surface area contributed by atoms with E-state index in [2.05, 4.69) is 28.2 Å². The van der Waals surface area contributed by atoms with Crippen molar-refractivity contribution < 1.29 is 9.53 Å². The van der Waals surface area contributed by atoms with Crippen molar-refractivity contribution in [2.24, 2.45) is 0 Å². The van der Waals surface area contributed by atoms with Crippen LogP contribution in [0.1, 0.15) is 12.5 Å². The number of nitrogens with one attached hydrogen (secondary N) is 1. The van der Waals surface area contributed by atoms with Crippen LogP contribution < -0.4 is 10.1 Å². The summed E-state index contributed by atoms with van der Waals surface area (Å²) in [6, 6.07) is 6.02. The second kappa shape index (κ2) is 6.39. The molecule has 1 amide bonds. The first kappa shape index (κ1) is 14.3. The molecule has 0 bridgehead atoms. The molecule has 1 fully saturated rings. The van der Waals surface area contributed by atoms with Gasteiger partial charge in [0.2, 0.25) is 5.91 Å². The second-order valence-electron chi connectivity index (χ2n) is 4.77. The normalized spacial score (nSPS) is 19.3. The molecule has 1 heterocycles. The predicted molar refractivity (Wildman–Crippen MR) is 78.4 cm³/mol. The van der Waals surface area contributed by atoms with E-state index in [0.29, 0.717) is 6.42 Å². The number of carbonyl (C=O) groups is 1. The molecule has 4 nitrogen and oxygen atoms in total. The molecule has 1 saturated heterocycles. The smallest absolute Gasteiger partial charge is 0.227 e. The van der Waals surface area contributed by atoms with Crippen LogP contribution in [0.15, 0.2) is 22.7 Å². The average Bonchev–Trinajstić information content (AvgIpc) is 2.41. The molecule has 1 aromatic carbocycles. The molecule has 1 aliphatic heterocycles. The lowest BCUT2D eigenvalue weighted by atomic mass is 10.1. The van der Waals surface area contributed by atoms with Gasteiger partial charge >= 0.3 is 0 Å². The molecule has 0 radical (unpaired) electrons. The molecule has 0 aliphatic carbocycles. The first-order valence-corrected chi connectivity index (χ1v) is 7.23. The summed E-state index contributed by atoms with van der Waals surface area (Å²) in [5.41, 5.74) is 0.932. The second-order valence-corrected chi connectivity index (χ2v) is 5.69. The quantitative estimate of drug-likeness (QED) is 0.921. The van der Waals surface area contributed by atoms with Gasteiger partial charge in [0.15, 0.2) is 0 Å². The fourth-order valence-electron chi connectivity index (χ4n) is 2.34. The molecule has 1 aromatic rings. The van der Waals surface area contributed by atoms with Crippen LogP contribution in [0.3, 0.4) is 0 Å². The Labute approximate surface area is 122 Å². The number of benzene rings is 1. The Bertz CT molecular complexity index is 465. The van der Waals surface area contributed by atoms with Crippen molar-refractivity contribution in [1.82, 2.24) is 10.2 Å². The Hall–Kier alpha value is -1.07. The van der Waals surface area contributed by atoms with E-state index in [9.17, 15) is 4.79 Å². The number of hydrogen-bond donors (Lipinski definition) is 1. The molecule has 1 aliphatic rings. The number of ether oxygens (including phenoxy) is 1. The van der Waals surface area contributed by atoms with Crippen molar-refractivity contribution in [3.8, 4) is 5.75 Å². The summed E-state index contributed by atoms with van der Waals surface area (Å²) in [6.07, 6.45) is 0.390. The molecule has 1 N–H and O–H groups in total. The van der Waals surface area contributed by atoms with Crippen molar-refractivity contribution >= 4 is 21.8 Å². The zero-order valence-electron chi connectivity index (χ0n) is 11.3. The van der Waals surface area contributed by atoms with Crippen molar-refractivity contribution in [2.75, 3.05) is 26.7 Å². The predicted octanol–water partition coefficient (Wildman–Crippen LogP) is 1.82. The van der Waals surface area contributed by atoms with Crippen LogP contribution in [0.5, 0.6) is 5.75 Å². The van der Waals surface area contributed by atoms with Gasteiger partial charge in [-0.15, -0.1) is 0 Å². The van der Waals surface area contributed by atoms with Gasteiger partial charge in [0.25, 0.3) is 0 Å². The highest BCUT2D eigenvalue weighted by Gasteiger charge is 2.23. The third-order valence-electron chi connectivity index (χ3n) is 3.41. The highest BCUT2D eigenvalue weighted by atomic mass is 79.9. The Morgan fingerprint density at radius 1 is 1.58 bits per heavy atom.